The molecule has 0 aromatic heterocycles. The Morgan fingerprint density at radius 1 is 0.909 bits per heavy atom. The second-order valence-corrected chi connectivity index (χ2v) is 11.1. The fourth-order valence-electron chi connectivity index (χ4n) is 5.62. The molecule has 1 aliphatic carbocycles. The lowest BCUT2D eigenvalue weighted by atomic mass is 9.95. The zero-order chi connectivity index (χ0) is 32.0. The number of anilines is 2. The number of amides is 2. The van der Waals surface area contributed by atoms with Gasteiger partial charge in [-0.25, -0.2) is 0 Å². The van der Waals surface area contributed by atoms with Gasteiger partial charge < -0.3 is 34.9 Å². The molecule has 3 N–H and O–H groups in total. The van der Waals surface area contributed by atoms with Crippen LogP contribution in [0.2, 0.25) is 0 Å². The van der Waals surface area contributed by atoms with Gasteiger partial charge in [0, 0.05) is 18.2 Å². The summed E-state index contributed by atoms with van der Waals surface area (Å²) in [6.45, 7) is 5.49. The van der Waals surface area contributed by atoms with Crippen LogP contribution in [-0.4, -0.2) is 46.3 Å². The average molecular weight is 604 g/mol. The van der Waals surface area contributed by atoms with Crippen molar-refractivity contribution in [3.63, 3.8) is 0 Å². The molecule has 3 aromatic carbocycles. The van der Waals surface area contributed by atoms with Crippen molar-refractivity contribution in [3.05, 3.63) is 69.9 Å². The highest BCUT2D eigenvalue weighted by Gasteiger charge is 2.30. The van der Waals surface area contributed by atoms with Crippen LogP contribution < -0.4 is 40.3 Å². The molecule has 0 bridgehead atoms. The maximum absolute atomic E-state index is 13.8. The second-order valence-electron chi connectivity index (χ2n) is 11.1. The average Bonchev–Trinajstić information content (AvgIpc) is 3.24. The van der Waals surface area contributed by atoms with E-state index in [9.17, 15) is 14.4 Å². The monoisotopic (exact) mass is 603 g/mol. The van der Waals surface area contributed by atoms with E-state index in [2.05, 4.69) is 16.0 Å². The Labute approximate surface area is 258 Å². The molecule has 0 unspecified atom stereocenters. The Morgan fingerprint density at radius 2 is 1.61 bits per heavy atom. The van der Waals surface area contributed by atoms with Crippen LogP contribution in [-0.2, 0) is 16.0 Å². The van der Waals surface area contributed by atoms with Crippen LogP contribution in [0.5, 0.6) is 23.0 Å². The standard InChI is InChI=1S/C34H41N3O7/c1-19(2)16-28(34(40)36-22-9-11-23(41-4)12-10-22)37-27-15-13-24-25(18-29(27)39)26(35-20(3)38)14-8-21-17-30(42-5)32(43-6)33(44-7)31(21)24/h9-13,15,17-19,26,28H,8,14,16H2,1-7H3,(H,35,38)(H,36,40)(H,37,39)/t26-,28-/m0/s1. The van der Waals surface area contributed by atoms with Gasteiger partial charge in [-0.2, -0.15) is 0 Å². The molecule has 44 heavy (non-hydrogen) atoms. The summed E-state index contributed by atoms with van der Waals surface area (Å²) in [7, 11) is 6.24. The van der Waals surface area contributed by atoms with E-state index in [0.717, 1.165) is 11.1 Å². The molecule has 10 heteroatoms. The van der Waals surface area contributed by atoms with Crippen molar-refractivity contribution < 1.29 is 28.5 Å². The first-order valence-electron chi connectivity index (χ1n) is 14.6. The Morgan fingerprint density at radius 3 is 2.20 bits per heavy atom. The van der Waals surface area contributed by atoms with E-state index < -0.39 is 12.1 Å². The Kier molecular flexibility index (Phi) is 10.4. The third-order valence-electron chi connectivity index (χ3n) is 7.63. The van der Waals surface area contributed by atoms with E-state index in [1.165, 1.54) is 13.0 Å². The number of carbonyl (C=O) groups excluding carboxylic acids is 2. The minimum atomic E-state index is -0.690. The van der Waals surface area contributed by atoms with E-state index in [1.807, 2.05) is 26.0 Å². The molecule has 2 atom stereocenters. The van der Waals surface area contributed by atoms with Crippen molar-refractivity contribution in [3.8, 4) is 34.1 Å². The van der Waals surface area contributed by atoms with Gasteiger partial charge in [-0.15, -0.1) is 0 Å². The Balaban J connectivity index is 1.82. The first-order valence-corrected chi connectivity index (χ1v) is 14.6. The zero-order valence-electron chi connectivity index (χ0n) is 26.3. The number of benzene rings is 2. The highest BCUT2D eigenvalue weighted by molar-refractivity contribution is 5.96. The van der Waals surface area contributed by atoms with Crippen LogP contribution in [0.1, 0.15) is 50.8 Å². The normalized spacial score (nSPS) is 14.3. The van der Waals surface area contributed by atoms with Crippen LogP contribution >= 0.6 is 0 Å². The van der Waals surface area contributed by atoms with Crippen molar-refractivity contribution in [2.45, 2.75) is 52.1 Å². The first-order chi connectivity index (χ1) is 21.1. The molecule has 0 fully saturated rings. The van der Waals surface area contributed by atoms with Gasteiger partial charge in [-0.1, -0.05) is 19.9 Å². The molecule has 0 saturated carbocycles. The van der Waals surface area contributed by atoms with Crippen molar-refractivity contribution in [2.24, 2.45) is 5.92 Å². The molecule has 0 saturated heterocycles. The van der Waals surface area contributed by atoms with Gasteiger partial charge in [0.2, 0.25) is 23.0 Å². The lowest BCUT2D eigenvalue weighted by molar-refractivity contribution is -0.120. The molecule has 0 aliphatic heterocycles. The first kappa shape index (κ1) is 32.2. The summed E-state index contributed by atoms with van der Waals surface area (Å²) < 4.78 is 22.3. The van der Waals surface area contributed by atoms with E-state index >= 15 is 0 Å². The van der Waals surface area contributed by atoms with Crippen molar-refractivity contribution >= 4 is 23.2 Å². The van der Waals surface area contributed by atoms with Crippen LogP contribution in [0.4, 0.5) is 11.4 Å². The summed E-state index contributed by atoms with van der Waals surface area (Å²) in [5.41, 5.74) is 3.61. The number of rotatable bonds is 11. The van der Waals surface area contributed by atoms with Gasteiger partial charge in [0.25, 0.3) is 0 Å². The number of nitrogens with one attached hydrogen (secondary N) is 3. The van der Waals surface area contributed by atoms with Gasteiger partial charge in [0.05, 0.1) is 40.2 Å². The minimum absolute atomic E-state index is 0.168. The van der Waals surface area contributed by atoms with Crippen molar-refractivity contribution in [1.82, 2.24) is 5.32 Å². The van der Waals surface area contributed by atoms with Crippen molar-refractivity contribution in [1.29, 1.82) is 0 Å². The third kappa shape index (κ3) is 7.07. The van der Waals surface area contributed by atoms with Crippen LogP contribution in [0.15, 0.2) is 53.3 Å². The summed E-state index contributed by atoms with van der Waals surface area (Å²) in [6, 6.07) is 12.9. The maximum atomic E-state index is 13.8. The Bertz CT molecular complexity index is 1570. The number of methoxy groups -OCH3 is 4. The second kappa shape index (κ2) is 14.2. The number of hydrogen-bond donors (Lipinski definition) is 3. The van der Waals surface area contributed by atoms with E-state index in [0.29, 0.717) is 59.1 Å². The largest absolute Gasteiger partial charge is 0.497 e. The van der Waals surface area contributed by atoms with Gasteiger partial charge in [0.15, 0.2) is 11.5 Å². The van der Waals surface area contributed by atoms with Gasteiger partial charge >= 0.3 is 0 Å². The quantitative estimate of drug-likeness (QED) is 0.269. The molecular formula is C34H41N3O7. The zero-order valence-corrected chi connectivity index (χ0v) is 26.3. The van der Waals surface area contributed by atoms with Gasteiger partial charge in [-0.3, -0.25) is 14.4 Å². The van der Waals surface area contributed by atoms with Gasteiger partial charge in [-0.05, 0) is 84.3 Å². The molecule has 0 radical (unpaired) electrons. The molecule has 2 amide bonds. The molecule has 3 aromatic rings. The highest BCUT2D eigenvalue weighted by atomic mass is 16.5. The van der Waals surface area contributed by atoms with E-state index in [-0.39, 0.29) is 28.8 Å². The third-order valence-corrected chi connectivity index (χ3v) is 7.63. The molecule has 4 rings (SSSR count). The number of ether oxygens (including phenoxy) is 4. The Hall–Kier alpha value is -4.73. The van der Waals surface area contributed by atoms with Crippen LogP contribution in [0.25, 0.3) is 11.1 Å². The van der Waals surface area contributed by atoms with Crippen LogP contribution in [0.3, 0.4) is 0 Å². The summed E-state index contributed by atoms with van der Waals surface area (Å²) in [5.74, 6) is 1.79. The predicted molar refractivity (Wildman–Crippen MR) is 171 cm³/mol. The predicted octanol–water partition coefficient (Wildman–Crippen LogP) is 5.34. The molecule has 234 valence electrons. The topological polar surface area (TPSA) is 124 Å². The fraction of sp³-hybridized carbons (Fsp3) is 0.382. The summed E-state index contributed by atoms with van der Waals surface area (Å²) in [5, 5.41) is 9.17. The summed E-state index contributed by atoms with van der Waals surface area (Å²) in [6.07, 6.45) is 1.63. The van der Waals surface area contributed by atoms with E-state index in [4.69, 9.17) is 18.9 Å². The summed E-state index contributed by atoms with van der Waals surface area (Å²) >= 11 is 0. The molecule has 1 aliphatic rings. The van der Waals surface area contributed by atoms with Crippen LogP contribution in [0, 0.1) is 5.92 Å². The SMILES string of the molecule is COc1ccc(NC(=O)[C@H](CC(C)C)Nc2ccc3c(cc2=O)[C@@H](NC(C)=O)CCc2cc(OC)c(OC)c(OC)c2-3)cc1. The minimum Gasteiger partial charge on any atom is -0.497 e. The molecule has 10 nitrogen and oxygen atoms in total. The molecule has 0 spiro atoms. The lowest BCUT2D eigenvalue weighted by Gasteiger charge is -2.21. The number of carbonyl (C=O) groups is 2. The summed E-state index contributed by atoms with van der Waals surface area (Å²) in [4.78, 5) is 39.5. The molecular weight excluding hydrogens is 562 g/mol. The number of hydrogen-bond acceptors (Lipinski definition) is 8. The number of fused-ring (bicyclic) bond motifs is 3. The van der Waals surface area contributed by atoms with Gasteiger partial charge in [0.1, 0.15) is 11.8 Å². The smallest absolute Gasteiger partial charge is 0.246 e. The maximum Gasteiger partial charge on any atom is 0.246 e. The lowest BCUT2D eigenvalue weighted by Crippen LogP contribution is -2.37. The molecule has 0 heterocycles. The van der Waals surface area contributed by atoms with E-state index in [1.54, 1.807) is 58.8 Å². The highest BCUT2D eigenvalue weighted by Crippen LogP contribution is 2.50. The fourth-order valence-corrected chi connectivity index (χ4v) is 5.62. The van der Waals surface area contributed by atoms with Crippen molar-refractivity contribution in [2.75, 3.05) is 39.1 Å². The number of aryl methyl sites for hydroxylation is 1.